The highest BCUT2D eigenvalue weighted by molar-refractivity contribution is 6.31. The van der Waals surface area contributed by atoms with Gasteiger partial charge in [-0.05, 0) is 29.8 Å². The van der Waals surface area contributed by atoms with Crippen molar-refractivity contribution in [3.8, 4) is 11.5 Å². The van der Waals surface area contributed by atoms with Crippen LogP contribution in [0.5, 0.6) is 11.5 Å². The Labute approximate surface area is 149 Å². The summed E-state index contributed by atoms with van der Waals surface area (Å²) >= 11 is 6.02. The molecule has 0 aliphatic carbocycles. The van der Waals surface area contributed by atoms with Gasteiger partial charge in [0, 0.05) is 17.0 Å². The minimum Gasteiger partial charge on any atom is -0.493 e. The SMILES string of the molecule is COc1ccc(Cc2noc(Cc3c(F)cccc3Cl)n2)cc1OC. The van der Waals surface area contributed by atoms with E-state index in [2.05, 4.69) is 10.1 Å². The van der Waals surface area contributed by atoms with Crippen molar-refractivity contribution in [2.24, 2.45) is 0 Å². The molecule has 1 heterocycles. The minimum atomic E-state index is -0.396. The van der Waals surface area contributed by atoms with Crippen molar-refractivity contribution in [1.29, 1.82) is 0 Å². The van der Waals surface area contributed by atoms with E-state index in [9.17, 15) is 4.39 Å². The second-order valence-electron chi connectivity index (χ2n) is 5.35. The zero-order valence-electron chi connectivity index (χ0n) is 13.8. The summed E-state index contributed by atoms with van der Waals surface area (Å²) in [5, 5.41) is 4.27. The first-order valence-corrected chi connectivity index (χ1v) is 7.93. The first-order chi connectivity index (χ1) is 12.1. The number of aromatic nitrogens is 2. The molecular formula is C18H16ClFN2O3. The van der Waals surface area contributed by atoms with Crippen LogP contribution in [0, 0.1) is 5.82 Å². The largest absolute Gasteiger partial charge is 0.493 e. The van der Waals surface area contributed by atoms with E-state index in [-0.39, 0.29) is 6.42 Å². The Hall–Kier alpha value is -2.60. The zero-order valence-corrected chi connectivity index (χ0v) is 14.5. The first-order valence-electron chi connectivity index (χ1n) is 7.56. The van der Waals surface area contributed by atoms with E-state index in [1.54, 1.807) is 26.4 Å². The van der Waals surface area contributed by atoms with E-state index in [4.69, 9.17) is 25.6 Å². The molecule has 25 heavy (non-hydrogen) atoms. The van der Waals surface area contributed by atoms with E-state index in [1.807, 2.05) is 18.2 Å². The Bertz CT molecular complexity index is 862. The smallest absolute Gasteiger partial charge is 0.231 e. The van der Waals surface area contributed by atoms with Gasteiger partial charge in [-0.1, -0.05) is 28.9 Å². The lowest BCUT2D eigenvalue weighted by molar-refractivity contribution is 0.354. The molecule has 130 valence electrons. The highest BCUT2D eigenvalue weighted by atomic mass is 35.5. The van der Waals surface area contributed by atoms with Gasteiger partial charge in [-0.3, -0.25) is 0 Å². The maximum atomic E-state index is 13.8. The van der Waals surface area contributed by atoms with Crippen LogP contribution in [0.3, 0.4) is 0 Å². The van der Waals surface area contributed by atoms with E-state index < -0.39 is 5.82 Å². The third-order valence-electron chi connectivity index (χ3n) is 3.71. The molecule has 0 aliphatic heterocycles. The van der Waals surface area contributed by atoms with Crippen molar-refractivity contribution >= 4 is 11.6 Å². The maximum absolute atomic E-state index is 13.8. The minimum absolute atomic E-state index is 0.143. The number of methoxy groups -OCH3 is 2. The molecule has 3 rings (SSSR count). The van der Waals surface area contributed by atoms with Crippen LogP contribution < -0.4 is 9.47 Å². The summed E-state index contributed by atoms with van der Waals surface area (Å²) < 4.78 is 29.5. The van der Waals surface area contributed by atoms with Crippen LogP contribution in [-0.4, -0.2) is 24.4 Å². The van der Waals surface area contributed by atoms with Crippen molar-refractivity contribution in [3.05, 3.63) is 70.1 Å². The fourth-order valence-corrected chi connectivity index (χ4v) is 2.69. The van der Waals surface area contributed by atoms with Gasteiger partial charge in [0.2, 0.25) is 5.89 Å². The summed E-state index contributed by atoms with van der Waals surface area (Å²) in [6, 6.07) is 10.1. The van der Waals surface area contributed by atoms with Crippen LogP contribution in [0.2, 0.25) is 5.02 Å². The lowest BCUT2D eigenvalue weighted by Crippen LogP contribution is -1.96. The second-order valence-corrected chi connectivity index (χ2v) is 5.75. The monoisotopic (exact) mass is 362 g/mol. The Morgan fingerprint density at radius 2 is 1.88 bits per heavy atom. The van der Waals surface area contributed by atoms with Crippen molar-refractivity contribution in [1.82, 2.24) is 10.1 Å². The number of ether oxygens (including phenoxy) is 2. The van der Waals surface area contributed by atoms with Crippen LogP contribution in [0.4, 0.5) is 4.39 Å². The summed E-state index contributed by atoms with van der Waals surface area (Å²) in [4.78, 5) is 4.31. The number of benzene rings is 2. The van der Waals surface area contributed by atoms with Gasteiger partial charge in [0.1, 0.15) is 5.82 Å². The number of rotatable bonds is 6. The van der Waals surface area contributed by atoms with Gasteiger partial charge in [0.05, 0.1) is 20.6 Å². The van der Waals surface area contributed by atoms with Gasteiger partial charge in [0.25, 0.3) is 0 Å². The number of nitrogens with zero attached hydrogens (tertiary/aromatic N) is 2. The predicted octanol–water partition coefficient (Wildman–Crippen LogP) is 4.06. The molecule has 0 N–H and O–H groups in total. The third kappa shape index (κ3) is 3.91. The summed E-state index contributed by atoms with van der Waals surface area (Å²) in [7, 11) is 3.16. The summed E-state index contributed by atoms with van der Waals surface area (Å²) in [5.41, 5.74) is 1.28. The lowest BCUT2D eigenvalue weighted by atomic mass is 10.1. The topological polar surface area (TPSA) is 57.4 Å². The molecule has 0 radical (unpaired) electrons. The molecule has 0 saturated carbocycles. The van der Waals surface area contributed by atoms with Gasteiger partial charge >= 0.3 is 0 Å². The summed E-state index contributed by atoms with van der Waals surface area (Å²) in [6.45, 7) is 0. The quantitative estimate of drug-likeness (QED) is 0.661. The predicted molar refractivity (Wildman–Crippen MR) is 90.9 cm³/mol. The molecule has 0 fully saturated rings. The molecule has 7 heteroatoms. The average molecular weight is 363 g/mol. The summed E-state index contributed by atoms with van der Waals surface area (Å²) in [6.07, 6.45) is 0.597. The standard InChI is InChI=1S/C18H16ClFN2O3/c1-23-15-7-6-11(8-16(15)24-2)9-17-21-18(25-22-17)10-12-13(19)4-3-5-14(12)20/h3-8H,9-10H2,1-2H3. The fourth-order valence-electron chi connectivity index (χ4n) is 2.46. The number of halogens is 2. The lowest BCUT2D eigenvalue weighted by Gasteiger charge is -2.08. The molecule has 3 aromatic rings. The molecule has 5 nitrogen and oxygen atoms in total. The van der Waals surface area contributed by atoms with E-state index in [0.717, 1.165) is 5.56 Å². The molecule has 0 aliphatic rings. The van der Waals surface area contributed by atoms with Crippen LogP contribution in [-0.2, 0) is 12.8 Å². The molecule has 0 unspecified atom stereocenters. The van der Waals surface area contributed by atoms with Crippen LogP contribution in [0.1, 0.15) is 22.8 Å². The molecule has 0 bridgehead atoms. The van der Waals surface area contributed by atoms with Crippen molar-refractivity contribution in [2.45, 2.75) is 12.8 Å². The molecule has 1 aromatic heterocycles. The van der Waals surface area contributed by atoms with Crippen molar-refractivity contribution < 1.29 is 18.4 Å². The van der Waals surface area contributed by atoms with Gasteiger partial charge in [-0.25, -0.2) is 4.39 Å². The van der Waals surface area contributed by atoms with Crippen molar-refractivity contribution in [3.63, 3.8) is 0 Å². The Kier molecular flexibility index (Phi) is 5.19. The van der Waals surface area contributed by atoms with Crippen LogP contribution in [0.15, 0.2) is 40.9 Å². The molecule has 0 spiro atoms. The Morgan fingerprint density at radius 1 is 1.08 bits per heavy atom. The van der Waals surface area contributed by atoms with E-state index in [0.29, 0.717) is 40.2 Å². The van der Waals surface area contributed by atoms with Gasteiger partial charge < -0.3 is 14.0 Å². The average Bonchev–Trinajstić information content (AvgIpc) is 3.05. The van der Waals surface area contributed by atoms with Crippen LogP contribution >= 0.6 is 11.6 Å². The Morgan fingerprint density at radius 3 is 2.60 bits per heavy atom. The molecule has 0 amide bonds. The maximum Gasteiger partial charge on any atom is 0.231 e. The zero-order chi connectivity index (χ0) is 17.8. The van der Waals surface area contributed by atoms with Crippen LogP contribution in [0.25, 0.3) is 0 Å². The highest BCUT2D eigenvalue weighted by Gasteiger charge is 2.14. The summed E-state index contributed by atoms with van der Waals surface area (Å²) in [5.74, 6) is 1.68. The number of hydrogen-bond donors (Lipinski definition) is 0. The Balaban J connectivity index is 1.76. The first kappa shape index (κ1) is 17.2. The molecule has 2 aromatic carbocycles. The molecular weight excluding hydrogens is 347 g/mol. The van der Waals surface area contributed by atoms with Crippen molar-refractivity contribution in [2.75, 3.05) is 14.2 Å². The van der Waals surface area contributed by atoms with Gasteiger partial charge in [-0.15, -0.1) is 0 Å². The van der Waals surface area contributed by atoms with Gasteiger partial charge in [-0.2, -0.15) is 4.98 Å². The number of hydrogen-bond acceptors (Lipinski definition) is 5. The fraction of sp³-hybridized carbons (Fsp3) is 0.222. The molecule has 0 saturated heterocycles. The third-order valence-corrected chi connectivity index (χ3v) is 4.06. The van der Waals surface area contributed by atoms with Gasteiger partial charge in [0.15, 0.2) is 17.3 Å². The normalized spacial score (nSPS) is 10.7. The molecule has 0 atom stereocenters. The van der Waals surface area contributed by atoms with E-state index >= 15 is 0 Å². The highest BCUT2D eigenvalue weighted by Crippen LogP contribution is 2.28. The second kappa shape index (κ2) is 7.53. The van der Waals surface area contributed by atoms with E-state index in [1.165, 1.54) is 6.07 Å².